The largest absolute Gasteiger partial charge is 0.317 e. The molecule has 0 bridgehead atoms. The zero-order valence-corrected chi connectivity index (χ0v) is 13.3. The number of aryl methyl sites for hydroxylation is 1. The second-order valence-corrected chi connectivity index (χ2v) is 5.68. The number of benzene rings is 1. The summed E-state index contributed by atoms with van der Waals surface area (Å²) in [4.78, 5) is 0. The van der Waals surface area contributed by atoms with Crippen molar-refractivity contribution in [3.63, 3.8) is 0 Å². The Morgan fingerprint density at radius 2 is 1.90 bits per heavy atom. The number of hydrogen-bond acceptors (Lipinski definition) is 1. The molecule has 1 aromatic carbocycles. The van der Waals surface area contributed by atoms with Gasteiger partial charge in [0.1, 0.15) is 0 Å². The SMILES string of the molecule is CCCNCCC/C=C/C(C)CCCc1ccccc1. The van der Waals surface area contributed by atoms with Crippen LogP contribution < -0.4 is 5.32 Å². The van der Waals surface area contributed by atoms with Crippen molar-refractivity contribution in [3.8, 4) is 0 Å². The molecule has 1 rings (SSSR count). The van der Waals surface area contributed by atoms with Crippen LogP contribution in [-0.2, 0) is 6.42 Å². The van der Waals surface area contributed by atoms with Gasteiger partial charge in [-0.25, -0.2) is 0 Å². The third-order valence-corrected chi connectivity index (χ3v) is 3.58. The van der Waals surface area contributed by atoms with E-state index in [9.17, 15) is 0 Å². The Morgan fingerprint density at radius 3 is 2.65 bits per heavy atom. The van der Waals surface area contributed by atoms with Crippen molar-refractivity contribution < 1.29 is 0 Å². The van der Waals surface area contributed by atoms with Crippen LogP contribution in [0, 0.1) is 5.92 Å². The van der Waals surface area contributed by atoms with Crippen LogP contribution in [-0.4, -0.2) is 13.1 Å². The Balaban J connectivity index is 2.00. The summed E-state index contributed by atoms with van der Waals surface area (Å²) in [6.07, 6.45) is 12.2. The molecule has 1 nitrogen and oxygen atoms in total. The number of unbranched alkanes of at least 4 members (excludes halogenated alkanes) is 1. The van der Waals surface area contributed by atoms with Crippen LogP contribution in [0.1, 0.15) is 51.5 Å². The molecule has 0 spiro atoms. The standard InChI is InChI=1S/C19H31N/c1-3-16-20-17-9-5-6-11-18(2)12-10-15-19-13-7-4-8-14-19/h4,6-8,11,13-14,18,20H,3,5,9-10,12,15-17H2,1-2H3/b11-6+. The molecular weight excluding hydrogens is 242 g/mol. The van der Waals surface area contributed by atoms with E-state index in [1.807, 2.05) is 0 Å². The van der Waals surface area contributed by atoms with Crippen LogP contribution in [0.5, 0.6) is 0 Å². The zero-order valence-electron chi connectivity index (χ0n) is 13.3. The lowest BCUT2D eigenvalue weighted by Crippen LogP contribution is -2.15. The third-order valence-electron chi connectivity index (χ3n) is 3.58. The van der Waals surface area contributed by atoms with Gasteiger partial charge in [0.2, 0.25) is 0 Å². The molecule has 0 saturated carbocycles. The summed E-state index contributed by atoms with van der Waals surface area (Å²) < 4.78 is 0. The molecule has 112 valence electrons. The molecule has 0 aliphatic heterocycles. The quantitative estimate of drug-likeness (QED) is 0.443. The lowest BCUT2D eigenvalue weighted by molar-refractivity contribution is 0.602. The van der Waals surface area contributed by atoms with Gasteiger partial charge in [-0.1, -0.05) is 56.3 Å². The molecule has 1 N–H and O–H groups in total. The van der Waals surface area contributed by atoms with Gasteiger partial charge >= 0.3 is 0 Å². The van der Waals surface area contributed by atoms with E-state index in [0.29, 0.717) is 5.92 Å². The van der Waals surface area contributed by atoms with Gasteiger partial charge in [-0.2, -0.15) is 0 Å². The summed E-state index contributed by atoms with van der Waals surface area (Å²) in [6.45, 7) is 6.85. The second-order valence-electron chi connectivity index (χ2n) is 5.68. The fourth-order valence-electron chi connectivity index (χ4n) is 2.34. The minimum Gasteiger partial charge on any atom is -0.317 e. The van der Waals surface area contributed by atoms with E-state index in [1.165, 1.54) is 44.1 Å². The van der Waals surface area contributed by atoms with Gasteiger partial charge in [0.15, 0.2) is 0 Å². The van der Waals surface area contributed by atoms with E-state index < -0.39 is 0 Å². The number of nitrogens with one attached hydrogen (secondary N) is 1. The highest BCUT2D eigenvalue weighted by Crippen LogP contribution is 2.12. The Morgan fingerprint density at radius 1 is 1.10 bits per heavy atom. The smallest absolute Gasteiger partial charge is 0.00460 e. The highest BCUT2D eigenvalue weighted by molar-refractivity contribution is 5.14. The highest BCUT2D eigenvalue weighted by Gasteiger charge is 1.98. The highest BCUT2D eigenvalue weighted by atomic mass is 14.8. The molecule has 0 aromatic heterocycles. The van der Waals surface area contributed by atoms with Crippen LogP contribution in [0.4, 0.5) is 0 Å². The molecule has 1 aromatic rings. The van der Waals surface area contributed by atoms with Gasteiger partial charge in [0.05, 0.1) is 0 Å². The molecule has 20 heavy (non-hydrogen) atoms. The summed E-state index contributed by atoms with van der Waals surface area (Å²) in [5.41, 5.74) is 1.46. The van der Waals surface area contributed by atoms with E-state index in [1.54, 1.807) is 0 Å². The van der Waals surface area contributed by atoms with Crippen LogP contribution in [0.3, 0.4) is 0 Å². The fourth-order valence-corrected chi connectivity index (χ4v) is 2.34. The monoisotopic (exact) mass is 273 g/mol. The maximum Gasteiger partial charge on any atom is -0.00460 e. The van der Waals surface area contributed by atoms with E-state index >= 15 is 0 Å². The molecule has 0 radical (unpaired) electrons. The molecule has 1 atom stereocenters. The van der Waals surface area contributed by atoms with Gasteiger partial charge in [-0.3, -0.25) is 0 Å². The lowest BCUT2D eigenvalue weighted by Gasteiger charge is -2.06. The van der Waals surface area contributed by atoms with E-state index in [-0.39, 0.29) is 0 Å². The predicted octanol–water partition coefficient (Wildman–Crippen LogP) is 4.98. The first kappa shape index (κ1) is 17.0. The summed E-state index contributed by atoms with van der Waals surface area (Å²) in [5, 5.41) is 3.44. The van der Waals surface area contributed by atoms with Crippen LogP contribution in [0.2, 0.25) is 0 Å². The molecule has 0 saturated heterocycles. The Hall–Kier alpha value is -1.08. The van der Waals surface area contributed by atoms with Crippen LogP contribution in [0.15, 0.2) is 42.5 Å². The molecule has 0 amide bonds. The third kappa shape index (κ3) is 8.92. The van der Waals surface area contributed by atoms with E-state index in [2.05, 4.69) is 61.6 Å². The van der Waals surface area contributed by atoms with Crippen LogP contribution in [0.25, 0.3) is 0 Å². The zero-order chi connectivity index (χ0) is 14.5. The first-order valence-electron chi connectivity index (χ1n) is 8.24. The van der Waals surface area contributed by atoms with Crippen molar-refractivity contribution in [2.45, 2.75) is 52.4 Å². The lowest BCUT2D eigenvalue weighted by atomic mass is 10.0. The predicted molar refractivity (Wildman–Crippen MR) is 90.1 cm³/mol. The molecule has 1 unspecified atom stereocenters. The van der Waals surface area contributed by atoms with Crippen molar-refractivity contribution >= 4 is 0 Å². The first-order valence-corrected chi connectivity index (χ1v) is 8.24. The molecule has 1 heteroatoms. The van der Waals surface area contributed by atoms with Crippen molar-refractivity contribution in [2.75, 3.05) is 13.1 Å². The Kier molecular flexibility index (Phi) is 9.95. The van der Waals surface area contributed by atoms with Crippen molar-refractivity contribution in [2.24, 2.45) is 5.92 Å². The van der Waals surface area contributed by atoms with Crippen molar-refractivity contribution in [1.29, 1.82) is 0 Å². The first-order chi connectivity index (χ1) is 9.83. The fraction of sp³-hybridized carbons (Fsp3) is 0.579. The minimum absolute atomic E-state index is 0.710. The van der Waals surface area contributed by atoms with E-state index in [0.717, 1.165) is 13.1 Å². The van der Waals surface area contributed by atoms with Gasteiger partial charge in [0, 0.05) is 0 Å². The summed E-state index contributed by atoms with van der Waals surface area (Å²) in [6, 6.07) is 10.8. The normalized spacial score (nSPS) is 12.9. The molecule has 0 aliphatic rings. The van der Waals surface area contributed by atoms with Gasteiger partial charge in [-0.05, 0) is 63.1 Å². The molecule has 0 aliphatic carbocycles. The maximum atomic E-state index is 3.44. The summed E-state index contributed by atoms with van der Waals surface area (Å²) >= 11 is 0. The average Bonchev–Trinajstić information content (AvgIpc) is 2.47. The number of rotatable bonds is 11. The van der Waals surface area contributed by atoms with E-state index in [4.69, 9.17) is 0 Å². The van der Waals surface area contributed by atoms with Gasteiger partial charge in [-0.15, -0.1) is 0 Å². The summed E-state index contributed by atoms with van der Waals surface area (Å²) in [5.74, 6) is 0.710. The maximum absolute atomic E-state index is 3.44. The molecule has 0 heterocycles. The van der Waals surface area contributed by atoms with Crippen molar-refractivity contribution in [1.82, 2.24) is 5.32 Å². The van der Waals surface area contributed by atoms with Crippen molar-refractivity contribution in [3.05, 3.63) is 48.0 Å². The second kappa shape index (κ2) is 11.7. The number of allylic oxidation sites excluding steroid dienone is 2. The average molecular weight is 273 g/mol. The topological polar surface area (TPSA) is 12.0 Å². The molecule has 0 fully saturated rings. The molecular formula is C19H31N. The van der Waals surface area contributed by atoms with Crippen LogP contribution >= 0.6 is 0 Å². The van der Waals surface area contributed by atoms with Gasteiger partial charge < -0.3 is 5.32 Å². The Labute approximate surface area is 125 Å². The minimum atomic E-state index is 0.710. The summed E-state index contributed by atoms with van der Waals surface area (Å²) in [7, 11) is 0. The Bertz CT molecular complexity index is 342. The van der Waals surface area contributed by atoms with Gasteiger partial charge in [0.25, 0.3) is 0 Å². The number of hydrogen-bond donors (Lipinski definition) is 1.